The highest BCUT2D eigenvalue weighted by atomic mass is 16.5. The third-order valence-electron chi connectivity index (χ3n) is 3.99. The Morgan fingerprint density at radius 1 is 1.00 bits per heavy atom. The minimum absolute atomic E-state index is 0.0139. The smallest absolute Gasteiger partial charge is 0.309 e. The summed E-state index contributed by atoms with van der Waals surface area (Å²) in [5.74, 6) is 1.35. The molecule has 0 N–H and O–H groups in total. The van der Waals surface area contributed by atoms with Crippen LogP contribution in [0.5, 0.6) is 0 Å². The van der Waals surface area contributed by atoms with Gasteiger partial charge in [-0.05, 0) is 23.7 Å². The first-order chi connectivity index (χ1) is 8.64. The number of carbonyl (C=O) groups excluding carboxylic acids is 1. The SMILES string of the molecule is CC(C)CCCC(C)CCOC(=O)C(C)C(C)(C)C. The van der Waals surface area contributed by atoms with Crippen LogP contribution in [0.2, 0.25) is 0 Å². The van der Waals surface area contributed by atoms with Crippen LogP contribution in [-0.2, 0) is 9.53 Å². The van der Waals surface area contributed by atoms with Crippen LogP contribution in [-0.4, -0.2) is 12.6 Å². The molecule has 0 aromatic heterocycles. The number of carbonyl (C=O) groups is 1. The third-order valence-corrected chi connectivity index (χ3v) is 3.99. The van der Waals surface area contributed by atoms with Crippen LogP contribution in [0.1, 0.15) is 74.1 Å². The number of ether oxygens (including phenoxy) is 1. The Labute approximate surface area is 120 Å². The van der Waals surface area contributed by atoms with Gasteiger partial charge in [0.25, 0.3) is 0 Å². The Morgan fingerprint density at radius 2 is 1.58 bits per heavy atom. The molecule has 2 heteroatoms. The van der Waals surface area contributed by atoms with Crippen LogP contribution in [0, 0.1) is 23.2 Å². The van der Waals surface area contributed by atoms with E-state index in [2.05, 4.69) is 41.5 Å². The fourth-order valence-corrected chi connectivity index (χ4v) is 1.86. The lowest BCUT2D eigenvalue weighted by atomic mass is 9.82. The first-order valence-electron chi connectivity index (χ1n) is 7.81. The highest BCUT2D eigenvalue weighted by Crippen LogP contribution is 2.26. The van der Waals surface area contributed by atoms with Crippen molar-refractivity contribution in [2.45, 2.75) is 74.1 Å². The number of rotatable bonds is 8. The predicted octanol–water partition coefficient (Wildman–Crippen LogP) is 5.06. The van der Waals surface area contributed by atoms with Gasteiger partial charge in [-0.25, -0.2) is 0 Å². The fourth-order valence-electron chi connectivity index (χ4n) is 1.86. The monoisotopic (exact) mass is 270 g/mol. The van der Waals surface area contributed by atoms with E-state index in [4.69, 9.17) is 4.74 Å². The molecule has 0 bridgehead atoms. The molecule has 0 saturated heterocycles. The molecule has 0 aliphatic rings. The highest BCUT2D eigenvalue weighted by Gasteiger charge is 2.27. The Hall–Kier alpha value is -0.530. The van der Waals surface area contributed by atoms with E-state index in [1.807, 2.05) is 6.92 Å². The van der Waals surface area contributed by atoms with Crippen LogP contribution in [0.25, 0.3) is 0 Å². The van der Waals surface area contributed by atoms with Crippen LogP contribution in [0.3, 0.4) is 0 Å². The largest absolute Gasteiger partial charge is 0.465 e. The molecule has 0 fully saturated rings. The number of hydrogen-bond acceptors (Lipinski definition) is 2. The predicted molar refractivity (Wildman–Crippen MR) is 82.0 cm³/mol. The van der Waals surface area contributed by atoms with Crippen molar-refractivity contribution in [1.29, 1.82) is 0 Å². The molecule has 2 nitrogen and oxygen atoms in total. The minimum atomic E-state index is -0.0538. The van der Waals surface area contributed by atoms with Crippen LogP contribution in [0.4, 0.5) is 0 Å². The van der Waals surface area contributed by atoms with Crippen molar-refractivity contribution < 1.29 is 9.53 Å². The average molecular weight is 270 g/mol. The van der Waals surface area contributed by atoms with Gasteiger partial charge in [-0.1, -0.05) is 67.7 Å². The lowest BCUT2D eigenvalue weighted by Gasteiger charge is -2.25. The van der Waals surface area contributed by atoms with Crippen LogP contribution >= 0.6 is 0 Å². The molecule has 19 heavy (non-hydrogen) atoms. The van der Waals surface area contributed by atoms with Crippen LogP contribution < -0.4 is 0 Å². The maximum Gasteiger partial charge on any atom is 0.309 e. The second-order valence-electron chi connectivity index (χ2n) is 7.47. The van der Waals surface area contributed by atoms with Crippen molar-refractivity contribution in [2.75, 3.05) is 6.61 Å². The molecular weight excluding hydrogens is 236 g/mol. The summed E-state index contributed by atoms with van der Waals surface area (Å²) in [6.45, 7) is 15.5. The zero-order valence-corrected chi connectivity index (χ0v) is 14.1. The lowest BCUT2D eigenvalue weighted by Crippen LogP contribution is -2.28. The molecule has 0 spiro atoms. The summed E-state index contributed by atoms with van der Waals surface area (Å²) < 4.78 is 5.39. The normalized spacial score (nSPS) is 15.4. The summed E-state index contributed by atoms with van der Waals surface area (Å²) in [5.41, 5.74) is -0.0139. The van der Waals surface area contributed by atoms with Crippen molar-refractivity contribution in [1.82, 2.24) is 0 Å². The van der Waals surface area contributed by atoms with E-state index in [9.17, 15) is 4.79 Å². The van der Waals surface area contributed by atoms with E-state index in [1.54, 1.807) is 0 Å². The van der Waals surface area contributed by atoms with E-state index in [1.165, 1.54) is 19.3 Å². The molecular formula is C17H34O2. The summed E-state index contributed by atoms with van der Waals surface area (Å²) in [6, 6.07) is 0. The van der Waals surface area contributed by atoms with Gasteiger partial charge in [-0.15, -0.1) is 0 Å². The van der Waals surface area contributed by atoms with Gasteiger partial charge >= 0.3 is 5.97 Å². The maximum atomic E-state index is 11.9. The topological polar surface area (TPSA) is 26.3 Å². The first-order valence-corrected chi connectivity index (χ1v) is 7.81. The summed E-state index contributed by atoms with van der Waals surface area (Å²) in [5, 5.41) is 0. The van der Waals surface area contributed by atoms with Gasteiger partial charge in [0.15, 0.2) is 0 Å². The van der Waals surface area contributed by atoms with Gasteiger partial charge in [0.2, 0.25) is 0 Å². The van der Waals surface area contributed by atoms with E-state index < -0.39 is 0 Å². The molecule has 0 aliphatic carbocycles. The Bertz CT molecular complexity index is 250. The molecule has 2 atom stereocenters. The average Bonchev–Trinajstić information content (AvgIpc) is 2.26. The molecule has 0 amide bonds. The Kier molecular flexibility index (Phi) is 8.36. The van der Waals surface area contributed by atoms with Gasteiger partial charge in [0.05, 0.1) is 12.5 Å². The maximum absolute atomic E-state index is 11.9. The lowest BCUT2D eigenvalue weighted by molar-refractivity contribution is -0.151. The van der Waals surface area contributed by atoms with Gasteiger partial charge < -0.3 is 4.74 Å². The molecule has 0 rings (SSSR count). The molecule has 0 saturated carbocycles. The number of hydrogen-bond donors (Lipinski definition) is 0. The van der Waals surface area contributed by atoms with Crippen molar-refractivity contribution in [3.05, 3.63) is 0 Å². The van der Waals surface area contributed by atoms with Gasteiger partial charge in [0.1, 0.15) is 0 Å². The van der Waals surface area contributed by atoms with E-state index in [-0.39, 0.29) is 17.3 Å². The molecule has 0 aliphatic heterocycles. The van der Waals surface area contributed by atoms with Crippen LogP contribution in [0.15, 0.2) is 0 Å². The molecule has 0 heterocycles. The molecule has 0 aromatic rings. The van der Waals surface area contributed by atoms with Gasteiger partial charge in [0, 0.05) is 0 Å². The second-order valence-corrected chi connectivity index (χ2v) is 7.47. The first kappa shape index (κ1) is 18.5. The minimum Gasteiger partial charge on any atom is -0.465 e. The van der Waals surface area contributed by atoms with Crippen molar-refractivity contribution >= 4 is 5.97 Å². The molecule has 0 radical (unpaired) electrons. The number of esters is 1. The van der Waals surface area contributed by atoms with Crippen molar-refractivity contribution in [2.24, 2.45) is 23.2 Å². The van der Waals surface area contributed by atoms with Crippen molar-refractivity contribution in [3.63, 3.8) is 0 Å². The molecule has 0 aromatic carbocycles. The molecule has 2 unspecified atom stereocenters. The summed E-state index contributed by atoms with van der Waals surface area (Å²) in [7, 11) is 0. The second kappa shape index (κ2) is 8.60. The van der Waals surface area contributed by atoms with Gasteiger partial charge in [-0.2, -0.15) is 0 Å². The zero-order valence-electron chi connectivity index (χ0n) is 14.1. The Morgan fingerprint density at radius 3 is 2.05 bits per heavy atom. The van der Waals surface area contributed by atoms with E-state index >= 15 is 0 Å². The summed E-state index contributed by atoms with van der Waals surface area (Å²) in [4.78, 5) is 11.9. The summed E-state index contributed by atoms with van der Waals surface area (Å²) >= 11 is 0. The third kappa shape index (κ3) is 9.07. The Balaban J connectivity index is 3.76. The standard InChI is InChI=1S/C17H34O2/c1-13(2)9-8-10-14(3)11-12-19-16(18)15(4)17(5,6)7/h13-15H,8-12H2,1-7H3. The highest BCUT2D eigenvalue weighted by molar-refractivity contribution is 5.72. The van der Waals surface area contributed by atoms with Crippen molar-refractivity contribution in [3.8, 4) is 0 Å². The zero-order chi connectivity index (χ0) is 15.1. The fraction of sp³-hybridized carbons (Fsp3) is 0.941. The van der Waals surface area contributed by atoms with E-state index in [0.29, 0.717) is 12.5 Å². The quantitative estimate of drug-likeness (QED) is 0.576. The summed E-state index contributed by atoms with van der Waals surface area (Å²) in [6.07, 6.45) is 4.81. The van der Waals surface area contributed by atoms with Gasteiger partial charge in [-0.3, -0.25) is 4.79 Å². The molecule has 114 valence electrons. The van der Waals surface area contributed by atoms with E-state index in [0.717, 1.165) is 12.3 Å².